The van der Waals surface area contributed by atoms with Crippen LogP contribution >= 0.6 is 0 Å². The molecule has 4 rings (SSSR count). The zero-order chi connectivity index (χ0) is 22.7. The third-order valence-electron chi connectivity index (χ3n) is 5.99. The largest absolute Gasteiger partial charge is 0.508 e. The molecule has 0 unspecified atom stereocenters. The number of ether oxygens (including phenoxy) is 1. The van der Waals surface area contributed by atoms with E-state index >= 15 is 0 Å². The number of phenols is 1. The molecule has 0 aliphatic heterocycles. The Labute approximate surface area is 190 Å². The first-order valence-electron chi connectivity index (χ1n) is 11.2. The number of benzene rings is 3. The van der Waals surface area contributed by atoms with Crippen LogP contribution in [0.4, 0.5) is 0 Å². The number of fused-ring (bicyclic) bond motifs is 1. The molecule has 0 atom stereocenters. The number of nitrogens with one attached hydrogen (secondary N) is 1. The lowest BCUT2D eigenvalue weighted by Crippen LogP contribution is -2.24. The van der Waals surface area contributed by atoms with Crippen molar-refractivity contribution in [2.24, 2.45) is 0 Å². The lowest BCUT2D eigenvalue weighted by Gasteiger charge is -2.14. The SMILES string of the molecule is COc1ccc(-c2c(C)c3cc(O)ccc3n2Cc2ccc(CCNC(C)C)cc2)cc1. The van der Waals surface area contributed by atoms with E-state index < -0.39 is 0 Å². The standard InChI is InChI=1S/C28H32N2O2/c1-19(2)29-16-15-21-5-7-22(8-6-21)18-30-27-14-11-24(31)17-26(27)20(3)28(30)23-9-12-25(32-4)13-10-23/h5-14,17,19,29,31H,15-16,18H2,1-4H3. The van der Waals surface area contributed by atoms with E-state index in [4.69, 9.17) is 4.74 Å². The first-order chi connectivity index (χ1) is 15.5. The molecule has 166 valence electrons. The second-order valence-corrected chi connectivity index (χ2v) is 8.67. The van der Waals surface area contributed by atoms with E-state index in [2.05, 4.69) is 67.1 Å². The number of hydrogen-bond donors (Lipinski definition) is 2. The van der Waals surface area contributed by atoms with Crippen molar-refractivity contribution in [3.8, 4) is 22.8 Å². The smallest absolute Gasteiger partial charge is 0.118 e. The second kappa shape index (κ2) is 9.49. The summed E-state index contributed by atoms with van der Waals surface area (Å²) < 4.78 is 7.69. The fraction of sp³-hybridized carbons (Fsp3) is 0.286. The van der Waals surface area contributed by atoms with E-state index in [9.17, 15) is 5.11 Å². The first-order valence-corrected chi connectivity index (χ1v) is 11.2. The number of methoxy groups -OCH3 is 1. The summed E-state index contributed by atoms with van der Waals surface area (Å²) in [4.78, 5) is 0. The Bertz CT molecular complexity index is 1190. The summed E-state index contributed by atoms with van der Waals surface area (Å²) in [7, 11) is 1.68. The zero-order valence-electron chi connectivity index (χ0n) is 19.4. The van der Waals surface area contributed by atoms with E-state index in [1.54, 1.807) is 13.2 Å². The summed E-state index contributed by atoms with van der Waals surface area (Å²) in [5.74, 6) is 1.13. The van der Waals surface area contributed by atoms with Crippen LogP contribution in [0.2, 0.25) is 0 Å². The van der Waals surface area contributed by atoms with Gasteiger partial charge < -0.3 is 19.7 Å². The van der Waals surface area contributed by atoms with Crippen LogP contribution in [0.25, 0.3) is 22.2 Å². The fourth-order valence-corrected chi connectivity index (χ4v) is 4.29. The molecule has 0 aliphatic rings. The number of nitrogens with zero attached hydrogens (tertiary/aromatic N) is 1. The molecule has 3 aromatic carbocycles. The van der Waals surface area contributed by atoms with Gasteiger partial charge in [-0.25, -0.2) is 0 Å². The summed E-state index contributed by atoms with van der Waals surface area (Å²) in [5.41, 5.74) is 7.18. The highest BCUT2D eigenvalue weighted by Crippen LogP contribution is 2.36. The van der Waals surface area contributed by atoms with Gasteiger partial charge in [0.1, 0.15) is 11.5 Å². The highest BCUT2D eigenvalue weighted by atomic mass is 16.5. The Balaban J connectivity index is 1.69. The maximum Gasteiger partial charge on any atom is 0.118 e. The first kappa shape index (κ1) is 22.0. The third-order valence-corrected chi connectivity index (χ3v) is 5.99. The van der Waals surface area contributed by atoms with Crippen molar-refractivity contribution in [1.29, 1.82) is 0 Å². The van der Waals surface area contributed by atoms with Crippen molar-refractivity contribution in [2.75, 3.05) is 13.7 Å². The molecule has 0 aliphatic carbocycles. The van der Waals surface area contributed by atoms with Gasteiger partial charge in [-0.05, 0) is 84.6 Å². The number of hydrogen-bond acceptors (Lipinski definition) is 3. The Morgan fingerprint density at radius 3 is 2.28 bits per heavy atom. The van der Waals surface area contributed by atoms with Crippen molar-refractivity contribution in [3.05, 3.63) is 83.4 Å². The molecule has 0 radical (unpaired) electrons. The molecule has 4 heteroatoms. The highest BCUT2D eigenvalue weighted by Gasteiger charge is 2.17. The molecule has 1 aromatic heterocycles. The van der Waals surface area contributed by atoms with Gasteiger partial charge in [-0.2, -0.15) is 0 Å². The molecule has 1 heterocycles. The van der Waals surface area contributed by atoms with Gasteiger partial charge in [0.05, 0.1) is 12.8 Å². The van der Waals surface area contributed by atoms with Gasteiger partial charge in [-0.3, -0.25) is 0 Å². The molecule has 2 N–H and O–H groups in total. The molecule has 0 spiro atoms. The summed E-state index contributed by atoms with van der Waals surface area (Å²) in [5, 5.41) is 14.6. The van der Waals surface area contributed by atoms with Gasteiger partial charge in [0.25, 0.3) is 0 Å². The van der Waals surface area contributed by atoms with E-state index in [0.717, 1.165) is 47.3 Å². The van der Waals surface area contributed by atoms with E-state index in [1.807, 2.05) is 24.3 Å². The maximum absolute atomic E-state index is 10.1. The second-order valence-electron chi connectivity index (χ2n) is 8.67. The summed E-state index contributed by atoms with van der Waals surface area (Å²) in [6.45, 7) is 8.23. The van der Waals surface area contributed by atoms with Crippen molar-refractivity contribution >= 4 is 10.9 Å². The van der Waals surface area contributed by atoms with Gasteiger partial charge in [-0.1, -0.05) is 38.1 Å². The summed E-state index contributed by atoms with van der Waals surface area (Å²) in [6, 6.07) is 23.2. The van der Waals surface area contributed by atoms with Crippen LogP contribution in [0.3, 0.4) is 0 Å². The van der Waals surface area contributed by atoms with Crippen LogP contribution < -0.4 is 10.1 Å². The average molecular weight is 429 g/mol. The van der Waals surface area contributed by atoms with Crippen LogP contribution in [0, 0.1) is 6.92 Å². The zero-order valence-corrected chi connectivity index (χ0v) is 19.4. The monoisotopic (exact) mass is 428 g/mol. The van der Waals surface area contributed by atoms with Crippen molar-refractivity contribution in [2.45, 2.75) is 39.8 Å². The molecular formula is C28H32N2O2. The van der Waals surface area contributed by atoms with Crippen LogP contribution in [0.15, 0.2) is 66.7 Å². The third kappa shape index (κ3) is 4.66. The minimum atomic E-state index is 0.290. The van der Waals surface area contributed by atoms with Gasteiger partial charge in [0.2, 0.25) is 0 Å². The maximum atomic E-state index is 10.1. The van der Waals surface area contributed by atoms with Crippen molar-refractivity contribution in [1.82, 2.24) is 9.88 Å². The molecule has 32 heavy (non-hydrogen) atoms. The van der Waals surface area contributed by atoms with Crippen LogP contribution in [0.5, 0.6) is 11.5 Å². The van der Waals surface area contributed by atoms with E-state index in [-0.39, 0.29) is 0 Å². The summed E-state index contributed by atoms with van der Waals surface area (Å²) in [6.07, 6.45) is 1.03. The number of aryl methyl sites for hydroxylation is 1. The quantitative estimate of drug-likeness (QED) is 0.366. The summed E-state index contributed by atoms with van der Waals surface area (Å²) >= 11 is 0. The molecule has 0 amide bonds. The van der Waals surface area contributed by atoms with Gasteiger partial charge in [0.15, 0.2) is 0 Å². The molecule has 0 bridgehead atoms. The Morgan fingerprint density at radius 1 is 0.938 bits per heavy atom. The highest BCUT2D eigenvalue weighted by molar-refractivity contribution is 5.92. The fourth-order valence-electron chi connectivity index (χ4n) is 4.29. The van der Waals surface area contributed by atoms with Gasteiger partial charge in [-0.15, -0.1) is 0 Å². The average Bonchev–Trinajstić information content (AvgIpc) is 3.05. The molecule has 0 saturated heterocycles. The molecule has 4 aromatic rings. The molecule has 0 saturated carbocycles. The van der Waals surface area contributed by atoms with E-state index in [0.29, 0.717) is 11.8 Å². The topological polar surface area (TPSA) is 46.4 Å². The van der Waals surface area contributed by atoms with Gasteiger partial charge >= 0.3 is 0 Å². The Morgan fingerprint density at radius 2 is 1.62 bits per heavy atom. The predicted molar refractivity (Wildman–Crippen MR) is 133 cm³/mol. The number of rotatable bonds is 8. The normalized spacial score (nSPS) is 11.4. The molecular weight excluding hydrogens is 396 g/mol. The Hall–Kier alpha value is -3.24. The lowest BCUT2D eigenvalue weighted by atomic mass is 10.1. The lowest BCUT2D eigenvalue weighted by molar-refractivity contribution is 0.415. The Kier molecular flexibility index (Phi) is 6.52. The molecule has 4 nitrogen and oxygen atoms in total. The van der Waals surface area contributed by atoms with Crippen LogP contribution in [-0.2, 0) is 13.0 Å². The van der Waals surface area contributed by atoms with Crippen molar-refractivity contribution < 1.29 is 9.84 Å². The van der Waals surface area contributed by atoms with Crippen LogP contribution in [0.1, 0.15) is 30.5 Å². The van der Waals surface area contributed by atoms with E-state index in [1.165, 1.54) is 16.8 Å². The van der Waals surface area contributed by atoms with Crippen molar-refractivity contribution in [3.63, 3.8) is 0 Å². The molecule has 0 fully saturated rings. The van der Waals surface area contributed by atoms with Gasteiger partial charge in [0, 0.05) is 23.5 Å². The number of phenolic OH excluding ortho intramolecular Hbond substituents is 1. The number of aromatic nitrogens is 1. The number of aromatic hydroxyl groups is 1. The minimum Gasteiger partial charge on any atom is -0.508 e. The predicted octanol–water partition coefficient (Wildman–Crippen LogP) is 5.92. The minimum absolute atomic E-state index is 0.290. The van der Waals surface area contributed by atoms with Crippen LogP contribution in [-0.4, -0.2) is 29.4 Å².